The molecule has 2 aliphatic rings. The Labute approximate surface area is 174 Å². The minimum absolute atomic E-state index is 0.0929. The van der Waals surface area contributed by atoms with E-state index >= 15 is 0 Å². The molecule has 4 rings (SSSR count). The SMILES string of the molecule is CC(C)(C)[C@H]1CC[C@H](NNC(=O)OCC2c3ccccc3-c3ccccc32)CC1. The van der Waals surface area contributed by atoms with Gasteiger partial charge in [0.05, 0.1) is 0 Å². The Hall–Kier alpha value is -2.33. The van der Waals surface area contributed by atoms with E-state index in [1.54, 1.807) is 0 Å². The summed E-state index contributed by atoms with van der Waals surface area (Å²) < 4.78 is 5.59. The molecule has 0 spiro atoms. The lowest BCUT2D eigenvalue weighted by Gasteiger charge is -2.37. The second kappa shape index (κ2) is 8.19. The largest absolute Gasteiger partial charge is 0.448 e. The number of benzene rings is 2. The standard InChI is InChI=1S/C25H32N2O2/c1-25(2,3)17-12-14-18(15-13-17)26-27-24(28)29-16-23-21-10-6-4-8-19(21)20-9-5-7-11-22(20)23/h4-11,17-18,23,26H,12-16H2,1-3H3,(H,27,28)/t17-,18-. The molecule has 0 atom stereocenters. The van der Waals surface area contributed by atoms with Gasteiger partial charge in [-0.05, 0) is 59.3 Å². The summed E-state index contributed by atoms with van der Waals surface area (Å²) in [5.74, 6) is 0.852. The maximum Gasteiger partial charge on any atom is 0.421 e. The van der Waals surface area contributed by atoms with Gasteiger partial charge in [-0.2, -0.15) is 0 Å². The van der Waals surface area contributed by atoms with Crippen LogP contribution in [-0.4, -0.2) is 18.7 Å². The van der Waals surface area contributed by atoms with Crippen molar-refractivity contribution in [1.29, 1.82) is 0 Å². The fourth-order valence-corrected chi connectivity index (χ4v) is 4.90. The van der Waals surface area contributed by atoms with Crippen molar-refractivity contribution in [2.75, 3.05) is 6.61 Å². The molecule has 2 N–H and O–H groups in total. The minimum Gasteiger partial charge on any atom is -0.448 e. The van der Waals surface area contributed by atoms with Crippen molar-refractivity contribution in [3.05, 3.63) is 59.7 Å². The third-order valence-corrected chi connectivity index (χ3v) is 6.67. The van der Waals surface area contributed by atoms with Gasteiger partial charge in [0.1, 0.15) is 6.61 Å². The number of hydrazine groups is 1. The van der Waals surface area contributed by atoms with E-state index in [0.29, 0.717) is 18.1 Å². The van der Waals surface area contributed by atoms with Crippen LogP contribution in [0, 0.1) is 11.3 Å². The Balaban J connectivity index is 1.29. The normalized spacial score (nSPS) is 21.3. The Kier molecular flexibility index (Phi) is 5.64. The summed E-state index contributed by atoms with van der Waals surface area (Å²) >= 11 is 0. The topological polar surface area (TPSA) is 50.4 Å². The molecule has 0 aliphatic heterocycles. The second-order valence-corrected chi connectivity index (χ2v) is 9.51. The number of nitrogens with one attached hydrogen (secondary N) is 2. The number of hydrogen-bond acceptors (Lipinski definition) is 3. The highest BCUT2D eigenvalue weighted by atomic mass is 16.6. The highest BCUT2D eigenvalue weighted by Crippen LogP contribution is 2.44. The summed E-state index contributed by atoms with van der Waals surface area (Å²) in [4.78, 5) is 12.3. The number of amides is 1. The van der Waals surface area contributed by atoms with E-state index in [4.69, 9.17) is 4.74 Å². The predicted molar refractivity (Wildman–Crippen MR) is 117 cm³/mol. The monoisotopic (exact) mass is 392 g/mol. The Morgan fingerprint density at radius 1 is 0.931 bits per heavy atom. The number of ether oxygens (including phenoxy) is 1. The molecule has 2 aliphatic carbocycles. The Morgan fingerprint density at radius 2 is 1.48 bits per heavy atom. The van der Waals surface area contributed by atoms with E-state index in [0.717, 1.165) is 18.8 Å². The number of carbonyl (C=O) groups is 1. The first-order valence-electron chi connectivity index (χ1n) is 10.8. The fourth-order valence-electron chi connectivity index (χ4n) is 4.90. The van der Waals surface area contributed by atoms with Crippen LogP contribution in [0.1, 0.15) is 63.5 Å². The van der Waals surface area contributed by atoms with Crippen molar-refractivity contribution in [3.8, 4) is 11.1 Å². The van der Waals surface area contributed by atoms with Crippen molar-refractivity contribution < 1.29 is 9.53 Å². The predicted octanol–water partition coefficient (Wildman–Crippen LogP) is 5.63. The zero-order valence-corrected chi connectivity index (χ0v) is 17.7. The summed E-state index contributed by atoms with van der Waals surface area (Å²) in [6, 6.07) is 17.1. The molecule has 4 nitrogen and oxygen atoms in total. The number of rotatable bonds is 4. The van der Waals surface area contributed by atoms with Gasteiger partial charge in [0.15, 0.2) is 0 Å². The molecule has 29 heavy (non-hydrogen) atoms. The molecule has 0 bridgehead atoms. The summed E-state index contributed by atoms with van der Waals surface area (Å²) in [5.41, 5.74) is 11.3. The van der Waals surface area contributed by atoms with Crippen molar-refractivity contribution in [3.63, 3.8) is 0 Å². The Morgan fingerprint density at radius 3 is 2.03 bits per heavy atom. The highest BCUT2D eigenvalue weighted by Gasteiger charge is 2.31. The molecule has 2 aromatic carbocycles. The average Bonchev–Trinajstić information content (AvgIpc) is 3.04. The highest BCUT2D eigenvalue weighted by molar-refractivity contribution is 5.79. The van der Waals surface area contributed by atoms with E-state index < -0.39 is 6.09 Å². The smallest absolute Gasteiger partial charge is 0.421 e. The average molecular weight is 393 g/mol. The number of carbonyl (C=O) groups excluding carboxylic acids is 1. The van der Waals surface area contributed by atoms with Crippen LogP contribution in [0.15, 0.2) is 48.5 Å². The van der Waals surface area contributed by atoms with E-state index in [-0.39, 0.29) is 5.92 Å². The van der Waals surface area contributed by atoms with Crippen LogP contribution in [0.4, 0.5) is 4.79 Å². The lowest BCUT2D eigenvalue weighted by molar-refractivity contribution is 0.126. The summed E-state index contributed by atoms with van der Waals surface area (Å²) in [6.45, 7) is 7.30. The van der Waals surface area contributed by atoms with Crippen molar-refractivity contribution in [2.24, 2.45) is 11.3 Å². The van der Waals surface area contributed by atoms with Crippen LogP contribution < -0.4 is 10.9 Å². The minimum atomic E-state index is -0.398. The van der Waals surface area contributed by atoms with Gasteiger partial charge in [-0.3, -0.25) is 5.43 Å². The zero-order chi connectivity index (χ0) is 20.4. The molecule has 1 amide bonds. The van der Waals surface area contributed by atoms with Crippen LogP contribution in [0.25, 0.3) is 11.1 Å². The molecule has 0 heterocycles. The van der Waals surface area contributed by atoms with Crippen molar-refractivity contribution in [1.82, 2.24) is 10.9 Å². The summed E-state index contributed by atoms with van der Waals surface area (Å²) in [6.07, 6.45) is 4.18. The maximum atomic E-state index is 12.3. The molecule has 4 heteroatoms. The van der Waals surface area contributed by atoms with Gasteiger partial charge in [0, 0.05) is 12.0 Å². The third kappa shape index (κ3) is 4.32. The molecular formula is C25H32N2O2. The first-order valence-corrected chi connectivity index (χ1v) is 10.8. The quantitative estimate of drug-likeness (QED) is 0.663. The Bertz CT molecular complexity index is 818. The lowest BCUT2D eigenvalue weighted by atomic mass is 9.71. The van der Waals surface area contributed by atoms with Crippen LogP contribution in [0.2, 0.25) is 0 Å². The molecule has 0 saturated heterocycles. The van der Waals surface area contributed by atoms with Gasteiger partial charge >= 0.3 is 6.09 Å². The van der Waals surface area contributed by atoms with E-state index in [1.807, 2.05) is 12.1 Å². The summed E-state index contributed by atoms with van der Waals surface area (Å²) in [7, 11) is 0. The summed E-state index contributed by atoms with van der Waals surface area (Å²) in [5, 5.41) is 0. The van der Waals surface area contributed by atoms with E-state index in [1.165, 1.54) is 35.1 Å². The second-order valence-electron chi connectivity index (χ2n) is 9.51. The molecule has 0 unspecified atom stereocenters. The first-order chi connectivity index (χ1) is 13.9. The van der Waals surface area contributed by atoms with Crippen LogP contribution in [-0.2, 0) is 4.74 Å². The van der Waals surface area contributed by atoms with Crippen molar-refractivity contribution >= 4 is 6.09 Å². The molecular weight excluding hydrogens is 360 g/mol. The number of hydrogen-bond donors (Lipinski definition) is 2. The van der Waals surface area contributed by atoms with Gasteiger partial charge in [0.25, 0.3) is 0 Å². The molecule has 2 aromatic rings. The molecule has 0 radical (unpaired) electrons. The van der Waals surface area contributed by atoms with Gasteiger partial charge in [-0.15, -0.1) is 0 Å². The van der Waals surface area contributed by atoms with Crippen molar-refractivity contribution in [2.45, 2.75) is 58.4 Å². The molecule has 154 valence electrons. The lowest BCUT2D eigenvalue weighted by Crippen LogP contribution is -2.46. The molecule has 0 aromatic heterocycles. The van der Waals surface area contributed by atoms with Gasteiger partial charge in [0.2, 0.25) is 0 Å². The first kappa shape index (κ1) is 20.0. The fraction of sp³-hybridized carbons (Fsp3) is 0.480. The van der Waals surface area contributed by atoms with E-state index in [2.05, 4.69) is 68.0 Å². The zero-order valence-electron chi connectivity index (χ0n) is 17.7. The van der Waals surface area contributed by atoms with Gasteiger partial charge < -0.3 is 4.74 Å². The van der Waals surface area contributed by atoms with Crippen LogP contribution in [0.3, 0.4) is 0 Å². The third-order valence-electron chi connectivity index (χ3n) is 6.67. The maximum absolute atomic E-state index is 12.3. The number of fused-ring (bicyclic) bond motifs is 3. The molecule has 1 saturated carbocycles. The van der Waals surface area contributed by atoms with E-state index in [9.17, 15) is 4.79 Å². The van der Waals surface area contributed by atoms with Gasteiger partial charge in [-0.1, -0.05) is 69.3 Å². The van der Waals surface area contributed by atoms with Crippen LogP contribution in [0.5, 0.6) is 0 Å². The van der Waals surface area contributed by atoms with Gasteiger partial charge in [-0.25, -0.2) is 10.2 Å². The van der Waals surface area contributed by atoms with Crippen LogP contribution >= 0.6 is 0 Å². The molecule has 1 fully saturated rings.